The van der Waals surface area contributed by atoms with Crippen molar-refractivity contribution in [3.05, 3.63) is 47.7 Å². The Morgan fingerprint density at radius 2 is 1.18 bits per heavy atom. The zero-order valence-corrected chi connectivity index (χ0v) is 19.9. The Kier molecular flexibility index (Phi) is 5.34. The molecule has 0 atom stereocenters. The van der Waals surface area contributed by atoms with Crippen molar-refractivity contribution in [3.63, 3.8) is 0 Å². The van der Waals surface area contributed by atoms with Crippen LogP contribution in [0.15, 0.2) is 37.2 Å². The highest BCUT2D eigenvalue weighted by atomic mass is 35.5. The van der Waals surface area contributed by atoms with E-state index in [1.54, 1.807) is 25.0 Å². The van der Waals surface area contributed by atoms with E-state index in [2.05, 4.69) is 34.9 Å². The van der Waals surface area contributed by atoms with Crippen LogP contribution >= 0.6 is 23.2 Å². The van der Waals surface area contributed by atoms with E-state index in [0.29, 0.717) is 34.0 Å². The minimum atomic E-state index is 0.0862. The van der Waals surface area contributed by atoms with Gasteiger partial charge in [0.05, 0.1) is 18.3 Å². The molecule has 5 rings (SSSR count). The van der Waals surface area contributed by atoms with Crippen LogP contribution in [0.2, 0.25) is 10.6 Å². The molecule has 0 aliphatic carbocycles. The Balaban J connectivity index is 1.86. The lowest BCUT2D eigenvalue weighted by atomic mass is 10.3. The molecule has 0 aliphatic heterocycles. The standard InChI is InChI=1S/C21H20Cl2N10/c1-11(2)31-9-25-14-16(31)27-20(22)29-18(14)33(13-5-7-24-8-6-13)19-15-17(28-21(23)30-19)32(10-26-15)12(3)4/h5-12H,1-4H3. The molecule has 5 heterocycles. The third-order valence-corrected chi connectivity index (χ3v) is 5.55. The number of hydrogen-bond donors (Lipinski definition) is 0. The van der Waals surface area contributed by atoms with Gasteiger partial charge >= 0.3 is 0 Å². The second kappa shape index (κ2) is 8.20. The average Bonchev–Trinajstić information content (AvgIpc) is 3.39. The van der Waals surface area contributed by atoms with Gasteiger partial charge < -0.3 is 9.13 Å². The summed E-state index contributed by atoms with van der Waals surface area (Å²) in [6.45, 7) is 8.18. The van der Waals surface area contributed by atoms with Gasteiger partial charge in [-0.1, -0.05) is 0 Å². The highest BCUT2D eigenvalue weighted by Gasteiger charge is 2.27. The zero-order valence-electron chi connectivity index (χ0n) is 18.3. The van der Waals surface area contributed by atoms with E-state index < -0.39 is 0 Å². The first kappa shape index (κ1) is 21.5. The van der Waals surface area contributed by atoms with Crippen LogP contribution in [0.25, 0.3) is 22.3 Å². The molecular formula is C21H20Cl2N10. The highest BCUT2D eigenvalue weighted by Crippen LogP contribution is 2.39. The summed E-state index contributed by atoms with van der Waals surface area (Å²) in [6, 6.07) is 3.93. The molecule has 12 heteroatoms. The zero-order chi connectivity index (χ0) is 23.3. The smallest absolute Gasteiger partial charge is 0.226 e. The maximum absolute atomic E-state index is 6.39. The fourth-order valence-corrected chi connectivity index (χ4v) is 3.98. The van der Waals surface area contributed by atoms with Gasteiger partial charge in [-0.05, 0) is 63.0 Å². The first-order chi connectivity index (χ1) is 15.8. The lowest BCUT2D eigenvalue weighted by Gasteiger charge is -2.23. The normalized spacial score (nSPS) is 11.9. The van der Waals surface area contributed by atoms with Gasteiger partial charge in [0.15, 0.2) is 34.0 Å². The second-order valence-electron chi connectivity index (χ2n) is 8.01. The number of anilines is 3. The van der Waals surface area contributed by atoms with E-state index in [0.717, 1.165) is 5.69 Å². The number of imidazole rings is 2. The topological polar surface area (TPSA) is 103 Å². The van der Waals surface area contributed by atoms with Crippen molar-refractivity contribution < 1.29 is 0 Å². The molecular weight excluding hydrogens is 463 g/mol. The summed E-state index contributed by atoms with van der Waals surface area (Å²) in [5.74, 6) is 0.900. The molecule has 5 aromatic rings. The quantitative estimate of drug-likeness (QED) is 0.310. The Hall–Kier alpha value is -3.37. The summed E-state index contributed by atoms with van der Waals surface area (Å²) in [5, 5.41) is 0.172. The summed E-state index contributed by atoms with van der Waals surface area (Å²) < 4.78 is 3.88. The molecule has 0 N–H and O–H groups in total. The van der Waals surface area contributed by atoms with Crippen LogP contribution in [-0.4, -0.2) is 44.0 Å². The Morgan fingerprint density at radius 3 is 1.61 bits per heavy atom. The molecule has 10 nitrogen and oxygen atoms in total. The van der Waals surface area contributed by atoms with Crippen LogP contribution in [0.4, 0.5) is 17.3 Å². The lowest BCUT2D eigenvalue weighted by Crippen LogP contribution is -2.16. The van der Waals surface area contributed by atoms with Gasteiger partial charge in [0.25, 0.3) is 0 Å². The van der Waals surface area contributed by atoms with Gasteiger partial charge in [-0.2, -0.15) is 19.9 Å². The number of nitrogens with zero attached hydrogens (tertiary/aromatic N) is 10. The van der Waals surface area contributed by atoms with Crippen LogP contribution in [0.5, 0.6) is 0 Å². The number of aromatic nitrogens is 9. The lowest BCUT2D eigenvalue weighted by molar-refractivity contribution is 0.612. The molecule has 0 spiro atoms. The van der Waals surface area contributed by atoms with Crippen LogP contribution < -0.4 is 4.90 Å². The molecule has 0 saturated heterocycles. The SMILES string of the molecule is CC(C)n1cnc2c(N(c3ccncc3)c3nc(Cl)nc4c3ncn4C(C)C)nc(Cl)nc21. The Morgan fingerprint density at radius 1 is 0.727 bits per heavy atom. The van der Waals surface area contributed by atoms with Crippen molar-refractivity contribution in [1.82, 2.24) is 44.0 Å². The predicted octanol–water partition coefficient (Wildman–Crippen LogP) is 5.30. The number of halogens is 2. The number of fused-ring (bicyclic) bond motifs is 2. The molecule has 0 saturated carbocycles. The summed E-state index contributed by atoms with van der Waals surface area (Å²) in [6.07, 6.45) is 6.82. The second-order valence-corrected chi connectivity index (χ2v) is 8.69. The van der Waals surface area contributed by atoms with Crippen molar-refractivity contribution in [3.8, 4) is 0 Å². The van der Waals surface area contributed by atoms with Gasteiger partial charge in [-0.25, -0.2) is 9.97 Å². The van der Waals surface area contributed by atoms with Crippen LogP contribution in [-0.2, 0) is 0 Å². The number of rotatable bonds is 5. The van der Waals surface area contributed by atoms with Crippen molar-refractivity contribution in [1.29, 1.82) is 0 Å². The van der Waals surface area contributed by atoms with Gasteiger partial charge in [-0.3, -0.25) is 9.88 Å². The van der Waals surface area contributed by atoms with Crippen molar-refractivity contribution >= 4 is 62.9 Å². The van der Waals surface area contributed by atoms with Crippen molar-refractivity contribution in [2.45, 2.75) is 39.8 Å². The molecule has 168 valence electrons. The summed E-state index contributed by atoms with van der Waals surface area (Å²) >= 11 is 12.8. The van der Waals surface area contributed by atoms with Crippen LogP contribution in [0.3, 0.4) is 0 Å². The molecule has 0 bridgehead atoms. The number of pyridine rings is 1. The van der Waals surface area contributed by atoms with Crippen molar-refractivity contribution in [2.24, 2.45) is 0 Å². The fraction of sp³-hybridized carbons (Fsp3) is 0.286. The Labute approximate surface area is 199 Å². The highest BCUT2D eigenvalue weighted by molar-refractivity contribution is 6.29. The van der Waals surface area contributed by atoms with Gasteiger partial charge in [0.1, 0.15) is 0 Å². The third-order valence-electron chi connectivity index (χ3n) is 5.21. The van der Waals surface area contributed by atoms with Gasteiger partial charge in [-0.15, -0.1) is 0 Å². The van der Waals surface area contributed by atoms with E-state index in [1.807, 2.05) is 53.9 Å². The van der Waals surface area contributed by atoms with E-state index in [1.165, 1.54) is 0 Å². The fourth-order valence-electron chi connectivity index (χ4n) is 3.66. The first-order valence-corrected chi connectivity index (χ1v) is 11.1. The van der Waals surface area contributed by atoms with Crippen LogP contribution in [0.1, 0.15) is 39.8 Å². The molecule has 33 heavy (non-hydrogen) atoms. The summed E-state index contributed by atoms with van der Waals surface area (Å²) in [7, 11) is 0. The maximum atomic E-state index is 6.39. The minimum Gasteiger partial charge on any atom is -0.313 e. The summed E-state index contributed by atoms with van der Waals surface area (Å²) in [4.78, 5) is 33.1. The van der Waals surface area contributed by atoms with Gasteiger partial charge in [0.2, 0.25) is 10.6 Å². The van der Waals surface area contributed by atoms with E-state index >= 15 is 0 Å². The van der Waals surface area contributed by atoms with Crippen LogP contribution in [0, 0.1) is 0 Å². The third kappa shape index (κ3) is 3.65. The molecule has 0 aliphatic rings. The molecule has 0 amide bonds. The summed E-state index contributed by atoms with van der Waals surface area (Å²) in [5.41, 5.74) is 3.09. The molecule has 0 unspecified atom stereocenters. The molecule has 0 fully saturated rings. The minimum absolute atomic E-state index is 0.0862. The molecule has 0 aromatic carbocycles. The van der Waals surface area contributed by atoms with E-state index in [4.69, 9.17) is 23.2 Å². The van der Waals surface area contributed by atoms with Gasteiger partial charge in [0, 0.05) is 24.5 Å². The number of hydrogen-bond acceptors (Lipinski definition) is 8. The van der Waals surface area contributed by atoms with Crippen molar-refractivity contribution in [2.75, 3.05) is 4.90 Å². The Bertz CT molecular complexity index is 1370. The van der Waals surface area contributed by atoms with E-state index in [-0.39, 0.29) is 22.7 Å². The largest absolute Gasteiger partial charge is 0.313 e. The molecule has 5 aromatic heterocycles. The average molecular weight is 483 g/mol. The first-order valence-electron chi connectivity index (χ1n) is 10.4. The molecule has 0 radical (unpaired) electrons. The predicted molar refractivity (Wildman–Crippen MR) is 127 cm³/mol. The maximum Gasteiger partial charge on any atom is 0.226 e. The van der Waals surface area contributed by atoms with E-state index in [9.17, 15) is 0 Å². The monoisotopic (exact) mass is 482 g/mol.